The molecule has 5 nitrogen and oxygen atoms in total. The Morgan fingerprint density at radius 3 is 2.35 bits per heavy atom. The molecule has 0 saturated carbocycles. The number of hydrogen-bond donors (Lipinski definition) is 3. The third-order valence-corrected chi connectivity index (χ3v) is 3.99. The third kappa shape index (κ3) is 5.03. The fourth-order valence-electron chi connectivity index (χ4n) is 1.38. The van der Waals surface area contributed by atoms with Crippen molar-refractivity contribution in [1.82, 2.24) is 4.72 Å². The number of halogens is 2. The number of hydrogen-bond acceptors (Lipinski definition) is 4. The molecule has 1 unspecified atom stereocenters. The molecule has 0 saturated heterocycles. The summed E-state index contributed by atoms with van der Waals surface area (Å²) in [5.41, 5.74) is 0.458. The van der Waals surface area contributed by atoms with Gasteiger partial charge in [-0.25, -0.2) is 21.9 Å². The summed E-state index contributed by atoms with van der Waals surface area (Å²) in [6.45, 7) is 1.89. The Bertz CT molecular complexity index is 506. The van der Waals surface area contributed by atoms with Gasteiger partial charge in [0.15, 0.2) is 0 Å². The zero-order valence-electron chi connectivity index (χ0n) is 11.0. The predicted octanol–water partition coefficient (Wildman–Crippen LogP) is 1.41. The van der Waals surface area contributed by atoms with Crippen molar-refractivity contribution in [1.29, 1.82) is 0 Å². The van der Waals surface area contributed by atoms with Gasteiger partial charge in [0, 0.05) is 18.8 Å². The number of sulfonamides is 1. The molecule has 0 aliphatic heterocycles. The number of aliphatic hydroxyl groups excluding tert-OH is 1. The van der Waals surface area contributed by atoms with Crippen LogP contribution in [0.25, 0.3) is 0 Å². The van der Waals surface area contributed by atoms with Gasteiger partial charge < -0.3 is 10.4 Å². The molecule has 1 aromatic rings. The lowest BCUT2D eigenvalue weighted by molar-refractivity contribution is 0.00384. The number of nitrogens with one attached hydrogen (secondary N) is 2. The molecule has 0 heterocycles. The summed E-state index contributed by atoms with van der Waals surface area (Å²) < 4.78 is 50.2. The molecule has 0 aliphatic carbocycles. The van der Waals surface area contributed by atoms with Crippen LogP contribution in [0.3, 0.4) is 0 Å². The van der Waals surface area contributed by atoms with Gasteiger partial charge in [0.25, 0.3) is 6.43 Å². The number of alkyl halides is 2. The van der Waals surface area contributed by atoms with Crippen LogP contribution in [0.15, 0.2) is 29.2 Å². The number of rotatable bonds is 8. The number of anilines is 1. The van der Waals surface area contributed by atoms with Crippen molar-refractivity contribution in [3.8, 4) is 0 Å². The van der Waals surface area contributed by atoms with Gasteiger partial charge in [0.1, 0.15) is 6.10 Å². The number of benzene rings is 1. The lowest BCUT2D eigenvalue weighted by Crippen LogP contribution is -2.27. The molecule has 0 aliphatic rings. The highest BCUT2D eigenvalue weighted by Crippen LogP contribution is 2.14. The second kappa shape index (κ2) is 7.51. The molecule has 0 radical (unpaired) electrons. The molecule has 0 fully saturated rings. The molecule has 20 heavy (non-hydrogen) atoms. The van der Waals surface area contributed by atoms with E-state index < -0.39 is 22.6 Å². The summed E-state index contributed by atoms with van der Waals surface area (Å²) in [6.07, 6.45) is -3.89. The fourth-order valence-corrected chi connectivity index (χ4v) is 2.52. The van der Waals surface area contributed by atoms with Crippen LogP contribution in [0.1, 0.15) is 13.3 Å². The average molecular weight is 308 g/mol. The van der Waals surface area contributed by atoms with Crippen molar-refractivity contribution in [2.75, 3.05) is 18.4 Å². The zero-order valence-corrected chi connectivity index (χ0v) is 11.8. The van der Waals surface area contributed by atoms with Gasteiger partial charge >= 0.3 is 0 Å². The molecule has 3 N–H and O–H groups in total. The van der Waals surface area contributed by atoms with Crippen LogP contribution >= 0.6 is 0 Å². The smallest absolute Gasteiger partial charge is 0.265 e. The maximum atomic E-state index is 12.1. The van der Waals surface area contributed by atoms with Gasteiger partial charge in [0.05, 0.1) is 4.90 Å². The van der Waals surface area contributed by atoms with Crippen LogP contribution in [-0.2, 0) is 10.0 Å². The zero-order chi connectivity index (χ0) is 15.2. The molecule has 114 valence electrons. The van der Waals surface area contributed by atoms with Crippen LogP contribution in [-0.4, -0.2) is 39.1 Å². The lowest BCUT2D eigenvalue weighted by atomic mass is 10.3. The summed E-state index contributed by atoms with van der Waals surface area (Å²) in [6, 6.07) is 5.65. The second-order valence-corrected chi connectivity index (χ2v) is 5.97. The maximum Gasteiger partial charge on any atom is 0.265 e. The van der Waals surface area contributed by atoms with E-state index >= 15 is 0 Å². The van der Waals surface area contributed by atoms with Crippen LogP contribution in [0.2, 0.25) is 0 Å². The summed E-state index contributed by atoms with van der Waals surface area (Å²) >= 11 is 0. The first-order valence-electron chi connectivity index (χ1n) is 6.16. The van der Waals surface area contributed by atoms with Crippen molar-refractivity contribution < 1.29 is 22.3 Å². The minimum Gasteiger partial charge on any atom is -0.385 e. The molecular weight excluding hydrogens is 290 g/mol. The normalized spacial score (nSPS) is 13.4. The van der Waals surface area contributed by atoms with Gasteiger partial charge in [-0.1, -0.05) is 6.92 Å². The van der Waals surface area contributed by atoms with E-state index in [2.05, 4.69) is 10.0 Å². The predicted molar refractivity (Wildman–Crippen MR) is 72.4 cm³/mol. The Morgan fingerprint density at radius 2 is 1.85 bits per heavy atom. The van der Waals surface area contributed by atoms with E-state index in [1.54, 1.807) is 0 Å². The largest absolute Gasteiger partial charge is 0.385 e. The molecule has 0 bridgehead atoms. The van der Waals surface area contributed by atoms with E-state index in [-0.39, 0.29) is 11.4 Å². The van der Waals surface area contributed by atoms with E-state index in [1.807, 2.05) is 6.92 Å². The SMILES string of the molecule is CCCNS(=O)(=O)c1ccc(NCC(O)C(F)F)cc1. The summed E-state index contributed by atoms with van der Waals surface area (Å²) in [7, 11) is -3.53. The Balaban J connectivity index is 2.65. The summed E-state index contributed by atoms with van der Waals surface area (Å²) in [5.74, 6) is 0. The minimum atomic E-state index is -3.53. The van der Waals surface area contributed by atoms with E-state index in [1.165, 1.54) is 24.3 Å². The highest BCUT2D eigenvalue weighted by atomic mass is 32.2. The number of aliphatic hydroxyl groups is 1. The Morgan fingerprint density at radius 1 is 1.25 bits per heavy atom. The highest BCUT2D eigenvalue weighted by molar-refractivity contribution is 7.89. The first-order valence-corrected chi connectivity index (χ1v) is 7.65. The molecule has 1 rings (SSSR count). The van der Waals surface area contributed by atoms with Crippen molar-refractivity contribution in [3.63, 3.8) is 0 Å². The molecule has 8 heteroatoms. The van der Waals surface area contributed by atoms with Crippen molar-refractivity contribution in [2.24, 2.45) is 0 Å². The van der Waals surface area contributed by atoms with Crippen LogP contribution in [0, 0.1) is 0 Å². The first-order chi connectivity index (χ1) is 9.36. The van der Waals surface area contributed by atoms with Crippen molar-refractivity contribution in [2.45, 2.75) is 30.8 Å². The highest BCUT2D eigenvalue weighted by Gasteiger charge is 2.16. The van der Waals surface area contributed by atoms with E-state index in [4.69, 9.17) is 5.11 Å². The Labute approximate surface area is 117 Å². The summed E-state index contributed by atoms with van der Waals surface area (Å²) in [4.78, 5) is 0.103. The molecule has 0 aromatic heterocycles. The second-order valence-electron chi connectivity index (χ2n) is 4.20. The van der Waals surface area contributed by atoms with E-state index in [0.29, 0.717) is 18.7 Å². The van der Waals surface area contributed by atoms with Gasteiger partial charge in [-0.15, -0.1) is 0 Å². The van der Waals surface area contributed by atoms with Crippen molar-refractivity contribution >= 4 is 15.7 Å². The Hall–Kier alpha value is -1.25. The van der Waals surface area contributed by atoms with Crippen LogP contribution < -0.4 is 10.0 Å². The van der Waals surface area contributed by atoms with E-state index in [0.717, 1.165) is 0 Å². The van der Waals surface area contributed by atoms with Gasteiger partial charge in [-0.3, -0.25) is 0 Å². The minimum absolute atomic E-state index is 0.103. The standard InChI is InChI=1S/C12H18F2N2O3S/c1-2-7-16-20(18,19)10-5-3-9(4-6-10)15-8-11(17)12(13)14/h3-6,11-12,15-17H,2,7-8H2,1H3. The molecular formula is C12H18F2N2O3S. The van der Waals surface area contributed by atoms with Crippen LogP contribution in [0.4, 0.5) is 14.5 Å². The summed E-state index contributed by atoms with van der Waals surface area (Å²) in [5, 5.41) is 11.6. The fraction of sp³-hybridized carbons (Fsp3) is 0.500. The lowest BCUT2D eigenvalue weighted by Gasteiger charge is -2.12. The van der Waals surface area contributed by atoms with E-state index in [9.17, 15) is 17.2 Å². The monoisotopic (exact) mass is 308 g/mol. The van der Waals surface area contributed by atoms with Gasteiger partial charge in [0.2, 0.25) is 10.0 Å². The molecule has 1 atom stereocenters. The third-order valence-electron chi connectivity index (χ3n) is 2.51. The quantitative estimate of drug-likeness (QED) is 0.678. The molecule has 0 amide bonds. The van der Waals surface area contributed by atoms with Crippen LogP contribution in [0.5, 0.6) is 0 Å². The molecule has 1 aromatic carbocycles. The van der Waals surface area contributed by atoms with Gasteiger partial charge in [-0.05, 0) is 30.7 Å². The van der Waals surface area contributed by atoms with Crippen molar-refractivity contribution in [3.05, 3.63) is 24.3 Å². The first kappa shape index (κ1) is 16.8. The topological polar surface area (TPSA) is 78.4 Å². The Kier molecular flexibility index (Phi) is 6.31. The average Bonchev–Trinajstić information content (AvgIpc) is 2.43. The van der Waals surface area contributed by atoms with Gasteiger partial charge in [-0.2, -0.15) is 0 Å². The molecule has 0 spiro atoms. The maximum absolute atomic E-state index is 12.1.